The molecule has 6 rings (SSSR count). The van der Waals surface area contributed by atoms with Crippen molar-refractivity contribution in [3.63, 3.8) is 0 Å². The lowest BCUT2D eigenvalue weighted by Gasteiger charge is -2.38. The Morgan fingerprint density at radius 2 is 1.88 bits per heavy atom. The highest BCUT2D eigenvalue weighted by molar-refractivity contribution is 6.30. The summed E-state index contributed by atoms with van der Waals surface area (Å²) in [5.41, 5.74) is 1.35. The minimum absolute atomic E-state index is 0.0298. The van der Waals surface area contributed by atoms with Gasteiger partial charge in [0, 0.05) is 23.3 Å². The molecule has 7 nitrogen and oxygen atoms in total. The summed E-state index contributed by atoms with van der Waals surface area (Å²) < 4.78 is 6.49. The molecule has 2 aromatic rings. The van der Waals surface area contributed by atoms with Crippen LogP contribution in [0, 0.1) is 30.6 Å². The smallest absolute Gasteiger partial charge is 0.246 e. The molecule has 4 aliphatic rings. The van der Waals surface area contributed by atoms with Gasteiger partial charge in [-0.05, 0) is 60.6 Å². The average molecular weight is 562 g/mol. The normalized spacial score (nSPS) is 34.1. The molecule has 3 heterocycles. The number of amides is 3. The maximum atomic E-state index is 14.2. The topological polar surface area (TPSA) is 87.7 Å². The first kappa shape index (κ1) is 27.0. The molecular weight excluding hydrogens is 526 g/mol. The van der Waals surface area contributed by atoms with Gasteiger partial charge in [0.15, 0.2) is 0 Å². The molecule has 1 spiro atoms. The number of carbonyl (C=O) groups is 3. The molecule has 3 amide bonds. The molecule has 1 aliphatic carbocycles. The number of nitrogens with one attached hydrogen (secondary N) is 2. The fourth-order valence-corrected chi connectivity index (χ4v) is 7.35. The molecule has 6 unspecified atom stereocenters. The first-order valence-electron chi connectivity index (χ1n) is 14.3. The number of aryl methyl sites for hydroxylation is 1. The summed E-state index contributed by atoms with van der Waals surface area (Å²) >= 11 is 6.11. The van der Waals surface area contributed by atoms with E-state index in [2.05, 4.69) is 24.5 Å². The molecule has 40 heavy (non-hydrogen) atoms. The highest BCUT2D eigenvalue weighted by atomic mass is 35.5. The molecule has 0 aromatic heterocycles. The summed E-state index contributed by atoms with van der Waals surface area (Å²) in [6.45, 7) is 6.59. The van der Waals surface area contributed by atoms with Crippen LogP contribution in [0.3, 0.4) is 0 Å². The second-order valence-corrected chi connectivity index (χ2v) is 12.5. The summed E-state index contributed by atoms with van der Waals surface area (Å²) in [4.78, 5) is 43.6. The molecule has 2 saturated heterocycles. The number of rotatable bonds is 6. The van der Waals surface area contributed by atoms with Gasteiger partial charge in [-0.1, -0.05) is 74.7 Å². The van der Waals surface area contributed by atoms with Gasteiger partial charge in [-0.2, -0.15) is 0 Å². The first-order valence-corrected chi connectivity index (χ1v) is 14.7. The van der Waals surface area contributed by atoms with Gasteiger partial charge < -0.3 is 20.3 Å². The number of ether oxygens (including phenoxy) is 1. The van der Waals surface area contributed by atoms with E-state index in [0.717, 1.165) is 30.4 Å². The van der Waals surface area contributed by atoms with Crippen molar-refractivity contribution in [1.82, 2.24) is 10.2 Å². The Morgan fingerprint density at radius 1 is 1.10 bits per heavy atom. The Bertz CT molecular complexity index is 1360. The fraction of sp³-hybridized carbons (Fsp3) is 0.469. The molecule has 2 aromatic carbocycles. The molecule has 8 heteroatoms. The molecule has 210 valence electrons. The lowest BCUT2D eigenvalue weighted by Crippen LogP contribution is -2.57. The van der Waals surface area contributed by atoms with Crippen LogP contribution in [0.1, 0.15) is 44.2 Å². The van der Waals surface area contributed by atoms with Crippen LogP contribution in [0.5, 0.6) is 0 Å². The standard InChI is InChI=1S/C32H36ClN3O4/c1-18-6-4-8-23(16-18)34-29(37)26-25-14-15-32(40-25)27(26)31(39)36(17-21-10-12-22(33)13-11-21)28(32)30(38)35-24-9-5-7-19(2)20(24)3/h4,6,8,10-16,19-20,24-28H,5,7,9,17H2,1-3H3,(H,34,37)(H,35,38)/t19?,20?,24?,25-,26?,27-,28?,32?/m0/s1. The van der Waals surface area contributed by atoms with Crippen molar-refractivity contribution in [2.24, 2.45) is 23.7 Å². The Kier molecular flexibility index (Phi) is 6.99. The zero-order chi connectivity index (χ0) is 28.2. The summed E-state index contributed by atoms with van der Waals surface area (Å²) in [6.07, 6.45) is 6.25. The predicted octanol–water partition coefficient (Wildman–Crippen LogP) is 4.88. The van der Waals surface area contributed by atoms with Crippen LogP contribution in [0.4, 0.5) is 5.69 Å². The third-order valence-electron chi connectivity index (χ3n) is 9.51. The molecule has 2 N–H and O–H groups in total. The van der Waals surface area contributed by atoms with Crippen molar-refractivity contribution in [3.8, 4) is 0 Å². The van der Waals surface area contributed by atoms with Crippen LogP contribution < -0.4 is 10.6 Å². The van der Waals surface area contributed by atoms with Crippen molar-refractivity contribution in [1.29, 1.82) is 0 Å². The summed E-state index contributed by atoms with van der Waals surface area (Å²) in [5.74, 6) is -1.43. The molecule has 8 atom stereocenters. The van der Waals surface area contributed by atoms with E-state index in [1.54, 1.807) is 17.0 Å². The number of benzene rings is 2. The van der Waals surface area contributed by atoms with Crippen LogP contribution >= 0.6 is 11.6 Å². The van der Waals surface area contributed by atoms with Crippen molar-refractivity contribution < 1.29 is 19.1 Å². The highest BCUT2D eigenvalue weighted by Gasteiger charge is 2.72. The van der Waals surface area contributed by atoms with Crippen LogP contribution in [0.15, 0.2) is 60.7 Å². The largest absolute Gasteiger partial charge is 0.359 e. The third-order valence-corrected chi connectivity index (χ3v) is 9.76. The van der Waals surface area contributed by atoms with Gasteiger partial charge in [0.1, 0.15) is 11.6 Å². The number of anilines is 1. The molecule has 0 radical (unpaired) electrons. The number of hydrogen-bond acceptors (Lipinski definition) is 4. The fourth-order valence-electron chi connectivity index (χ4n) is 7.22. The number of fused-ring (bicyclic) bond motifs is 1. The van der Waals surface area contributed by atoms with Gasteiger partial charge in [-0.3, -0.25) is 14.4 Å². The lowest BCUT2D eigenvalue weighted by molar-refractivity contribution is -0.142. The number of carbonyl (C=O) groups excluding carboxylic acids is 3. The van der Waals surface area contributed by atoms with Gasteiger partial charge in [-0.15, -0.1) is 0 Å². The Balaban J connectivity index is 1.33. The van der Waals surface area contributed by atoms with Gasteiger partial charge in [0.2, 0.25) is 17.7 Å². The molecule has 2 bridgehead atoms. The van der Waals surface area contributed by atoms with Crippen LogP contribution in [-0.2, 0) is 25.7 Å². The van der Waals surface area contributed by atoms with Crippen LogP contribution in [0.25, 0.3) is 0 Å². The number of halogens is 1. The monoisotopic (exact) mass is 561 g/mol. The lowest BCUT2D eigenvalue weighted by atomic mass is 9.73. The van der Waals surface area contributed by atoms with Crippen molar-refractivity contribution in [2.45, 2.75) is 70.4 Å². The average Bonchev–Trinajstić information content (AvgIpc) is 3.55. The van der Waals surface area contributed by atoms with Crippen molar-refractivity contribution in [2.75, 3.05) is 5.32 Å². The predicted molar refractivity (Wildman–Crippen MR) is 153 cm³/mol. The van der Waals surface area contributed by atoms with E-state index in [1.807, 2.05) is 55.5 Å². The van der Waals surface area contributed by atoms with Gasteiger partial charge in [0.05, 0.1) is 17.9 Å². The SMILES string of the molecule is Cc1cccc(NC(=O)C2[C@@H]3C=CC4(O3)C(C(=O)NC3CCCC(C)C3C)N(Cc3ccc(Cl)cc3)C(=O)[C@H]24)c1. The zero-order valence-electron chi connectivity index (χ0n) is 23.1. The molecule has 3 fully saturated rings. The minimum Gasteiger partial charge on any atom is -0.359 e. The number of nitrogens with zero attached hydrogens (tertiary/aromatic N) is 1. The van der Waals surface area contributed by atoms with Gasteiger partial charge in [0.25, 0.3) is 0 Å². The van der Waals surface area contributed by atoms with E-state index in [-0.39, 0.29) is 30.3 Å². The second-order valence-electron chi connectivity index (χ2n) is 12.0. The van der Waals surface area contributed by atoms with E-state index in [4.69, 9.17) is 16.3 Å². The minimum atomic E-state index is -1.20. The second kappa shape index (κ2) is 10.3. The summed E-state index contributed by atoms with van der Waals surface area (Å²) in [6, 6.07) is 14.0. The Morgan fingerprint density at radius 3 is 2.62 bits per heavy atom. The van der Waals surface area contributed by atoms with E-state index in [9.17, 15) is 14.4 Å². The number of likely N-dealkylation sites (tertiary alicyclic amines) is 1. The third kappa shape index (κ3) is 4.53. The Labute approximate surface area is 240 Å². The number of hydrogen-bond donors (Lipinski definition) is 2. The molecule has 1 saturated carbocycles. The van der Waals surface area contributed by atoms with Gasteiger partial charge >= 0.3 is 0 Å². The summed E-state index contributed by atoms with van der Waals surface area (Å²) in [5, 5.41) is 6.89. The van der Waals surface area contributed by atoms with Gasteiger partial charge in [-0.25, -0.2) is 0 Å². The van der Waals surface area contributed by atoms with Crippen LogP contribution in [0.2, 0.25) is 5.02 Å². The maximum absolute atomic E-state index is 14.2. The van der Waals surface area contributed by atoms with E-state index >= 15 is 0 Å². The maximum Gasteiger partial charge on any atom is 0.246 e. The Hall–Kier alpha value is -3.16. The van der Waals surface area contributed by atoms with E-state index in [1.165, 1.54) is 0 Å². The first-order chi connectivity index (χ1) is 19.2. The highest BCUT2D eigenvalue weighted by Crippen LogP contribution is 2.55. The zero-order valence-corrected chi connectivity index (χ0v) is 23.9. The van der Waals surface area contributed by atoms with E-state index < -0.39 is 29.6 Å². The van der Waals surface area contributed by atoms with Crippen molar-refractivity contribution in [3.05, 3.63) is 76.8 Å². The quantitative estimate of drug-likeness (QED) is 0.492. The van der Waals surface area contributed by atoms with Crippen molar-refractivity contribution >= 4 is 35.0 Å². The van der Waals surface area contributed by atoms with E-state index in [0.29, 0.717) is 22.5 Å². The molecular formula is C32H36ClN3O4. The summed E-state index contributed by atoms with van der Waals surface area (Å²) in [7, 11) is 0. The molecule has 3 aliphatic heterocycles. The van der Waals surface area contributed by atoms with Crippen LogP contribution in [-0.4, -0.2) is 46.4 Å².